The van der Waals surface area contributed by atoms with Crippen molar-refractivity contribution in [2.75, 3.05) is 6.61 Å². The molecule has 34 heavy (non-hydrogen) atoms. The second-order valence-electron chi connectivity index (χ2n) is 13.0. The Balaban J connectivity index is 1.61. The van der Waals surface area contributed by atoms with Gasteiger partial charge >= 0.3 is 0 Å². The third-order valence-corrected chi connectivity index (χ3v) is 10.6. The third-order valence-electron chi connectivity index (χ3n) is 10.6. The molecule has 0 radical (unpaired) electrons. The van der Waals surface area contributed by atoms with Gasteiger partial charge in [-0.15, -0.1) is 0 Å². The monoisotopic (exact) mass is 480 g/mol. The molecule has 0 aliphatic heterocycles. The predicted octanol–water partition coefficient (Wildman–Crippen LogP) is 1.86. The van der Waals surface area contributed by atoms with E-state index in [0.717, 1.165) is 12.0 Å². The molecule has 0 amide bonds. The Morgan fingerprint density at radius 1 is 1.03 bits per heavy atom. The van der Waals surface area contributed by atoms with Crippen LogP contribution in [0.25, 0.3) is 0 Å². The van der Waals surface area contributed by atoms with Crippen LogP contribution in [0, 0.1) is 28.6 Å². The number of rotatable bonds is 6. The molecule has 10 atom stereocenters. The average molecular weight is 481 g/mol. The van der Waals surface area contributed by atoms with Crippen molar-refractivity contribution in [3.63, 3.8) is 0 Å². The van der Waals surface area contributed by atoms with Gasteiger partial charge in [0.05, 0.1) is 35.6 Å². The second-order valence-corrected chi connectivity index (χ2v) is 13.0. The zero-order valence-corrected chi connectivity index (χ0v) is 21.1. The number of aliphatic hydroxyl groups excluding tert-OH is 3. The Hall–Kier alpha value is -0.830. The van der Waals surface area contributed by atoms with Gasteiger partial charge in [0, 0.05) is 11.3 Å². The van der Waals surface area contributed by atoms with Crippen molar-refractivity contribution in [2.45, 2.75) is 114 Å². The van der Waals surface area contributed by atoms with Crippen molar-refractivity contribution in [3.05, 3.63) is 11.6 Å². The summed E-state index contributed by atoms with van der Waals surface area (Å²) in [4.78, 5) is 13.2. The van der Waals surface area contributed by atoms with E-state index in [9.17, 15) is 35.4 Å². The van der Waals surface area contributed by atoms with Gasteiger partial charge in [0.1, 0.15) is 0 Å². The Morgan fingerprint density at radius 2 is 1.71 bits per heavy atom. The van der Waals surface area contributed by atoms with Gasteiger partial charge in [-0.3, -0.25) is 4.79 Å². The molecule has 6 N–H and O–H groups in total. The summed E-state index contributed by atoms with van der Waals surface area (Å²) < 4.78 is 0. The van der Waals surface area contributed by atoms with Gasteiger partial charge in [-0.25, -0.2) is 0 Å². The summed E-state index contributed by atoms with van der Waals surface area (Å²) in [6, 6.07) is 0. The van der Waals surface area contributed by atoms with Gasteiger partial charge in [0.15, 0.2) is 5.78 Å². The van der Waals surface area contributed by atoms with Crippen LogP contribution in [-0.2, 0) is 4.79 Å². The maximum Gasteiger partial charge on any atom is 0.159 e. The SMILES string of the molecule is CC(O)(CO)CCCC(C)(O)C1CCC2(O)C3=CC(=O)C4CC(O)C(O)CC4(C)C3CCC12C. The van der Waals surface area contributed by atoms with Gasteiger partial charge < -0.3 is 30.6 Å². The molecule has 4 aliphatic rings. The van der Waals surface area contributed by atoms with Crippen LogP contribution in [0.2, 0.25) is 0 Å². The van der Waals surface area contributed by atoms with Crippen LogP contribution in [0.1, 0.15) is 85.5 Å². The highest BCUT2D eigenvalue weighted by atomic mass is 16.3. The molecule has 7 nitrogen and oxygen atoms in total. The first-order valence-corrected chi connectivity index (χ1v) is 13.0. The molecular formula is C27H44O7. The van der Waals surface area contributed by atoms with Gasteiger partial charge in [-0.05, 0) is 101 Å². The van der Waals surface area contributed by atoms with Crippen molar-refractivity contribution in [1.82, 2.24) is 0 Å². The number of carbonyl (C=O) groups is 1. The summed E-state index contributed by atoms with van der Waals surface area (Å²) in [6.07, 6.45) is 4.41. The molecule has 4 rings (SSSR count). The molecule has 7 heteroatoms. The summed E-state index contributed by atoms with van der Waals surface area (Å²) in [5, 5.41) is 63.9. The molecule has 10 unspecified atom stereocenters. The summed E-state index contributed by atoms with van der Waals surface area (Å²) in [5.41, 5.74) is -3.79. The standard InChI is InChI=1S/C27H44O7/c1-23(32,15-28)8-5-9-26(4,33)22-7-11-27(34)17-12-19(29)18-13-20(30)21(31)14-24(18,2)16(17)6-10-25(22,27)3/h12,16,18,20-22,28,30-34H,5-11,13-15H2,1-4H3. The minimum atomic E-state index is -1.20. The third kappa shape index (κ3) is 3.82. The van der Waals surface area contributed by atoms with E-state index in [1.165, 1.54) is 0 Å². The number of ketones is 1. The highest BCUT2D eigenvalue weighted by molar-refractivity contribution is 5.95. The van der Waals surface area contributed by atoms with E-state index in [2.05, 4.69) is 0 Å². The highest BCUT2D eigenvalue weighted by Gasteiger charge is 2.68. The van der Waals surface area contributed by atoms with Crippen LogP contribution < -0.4 is 0 Å². The molecule has 3 saturated carbocycles. The minimum absolute atomic E-state index is 0.0428. The first-order chi connectivity index (χ1) is 15.6. The first-order valence-electron chi connectivity index (χ1n) is 13.0. The molecule has 0 heterocycles. The minimum Gasteiger partial charge on any atom is -0.393 e. The fraction of sp³-hybridized carbons (Fsp3) is 0.889. The van der Waals surface area contributed by atoms with Crippen LogP contribution in [-0.4, -0.2) is 72.0 Å². The van der Waals surface area contributed by atoms with Crippen LogP contribution in [0.5, 0.6) is 0 Å². The summed E-state index contributed by atoms with van der Waals surface area (Å²) in [7, 11) is 0. The Bertz CT molecular complexity index is 850. The molecule has 194 valence electrons. The summed E-state index contributed by atoms with van der Waals surface area (Å²) >= 11 is 0. The van der Waals surface area contributed by atoms with E-state index >= 15 is 0 Å². The largest absolute Gasteiger partial charge is 0.393 e. The van der Waals surface area contributed by atoms with Crippen molar-refractivity contribution >= 4 is 5.78 Å². The molecule has 0 spiro atoms. The predicted molar refractivity (Wildman–Crippen MR) is 127 cm³/mol. The zero-order valence-electron chi connectivity index (χ0n) is 21.1. The van der Waals surface area contributed by atoms with Crippen molar-refractivity contribution < 1.29 is 35.4 Å². The zero-order chi connectivity index (χ0) is 25.3. The Kier molecular flexibility index (Phi) is 6.45. The van der Waals surface area contributed by atoms with E-state index < -0.39 is 39.8 Å². The lowest BCUT2D eigenvalue weighted by atomic mass is 9.45. The average Bonchev–Trinajstić information content (AvgIpc) is 3.02. The van der Waals surface area contributed by atoms with Crippen LogP contribution >= 0.6 is 0 Å². The van der Waals surface area contributed by atoms with Crippen molar-refractivity contribution in [1.29, 1.82) is 0 Å². The molecule has 4 aliphatic carbocycles. The summed E-state index contributed by atoms with van der Waals surface area (Å²) in [5.74, 6) is -0.643. The highest BCUT2D eigenvalue weighted by Crippen LogP contribution is 2.68. The number of carbonyl (C=O) groups excluding carboxylic acids is 1. The lowest BCUT2D eigenvalue weighted by Gasteiger charge is -2.60. The maximum absolute atomic E-state index is 13.2. The number of hydrogen-bond acceptors (Lipinski definition) is 7. The first kappa shape index (κ1) is 26.2. The van der Waals surface area contributed by atoms with Gasteiger partial charge in [-0.2, -0.15) is 0 Å². The van der Waals surface area contributed by atoms with Gasteiger partial charge in [0.2, 0.25) is 0 Å². The molecule has 0 bridgehead atoms. The smallest absolute Gasteiger partial charge is 0.159 e. The van der Waals surface area contributed by atoms with E-state index in [1.54, 1.807) is 13.0 Å². The Labute approximate surface area is 202 Å². The molecule has 0 saturated heterocycles. The quantitative estimate of drug-likeness (QED) is 0.341. The number of allylic oxidation sites excluding steroid dienone is 1. The molecule has 0 aromatic carbocycles. The van der Waals surface area contributed by atoms with Crippen LogP contribution in [0.3, 0.4) is 0 Å². The summed E-state index contributed by atoms with van der Waals surface area (Å²) in [6.45, 7) is 7.14. The Morgan fingerprint density at radius 3 is 2.35 bits per heavy atom. The number of aliphatic hydroxyl groups is 6. The fourth-order valence-electron chi connectivity index (χ4n) is 8.45. The second kappa shape index (κ2) is 8.35. The van der Waals surface area contributed by atoms with Crippen molar-refractivity contribution in [3.8, 4) is 0 Å². The van der Waals surface area contributed by atoms with E-state index in [0.29, 0.717) is 44.9 Å². The molecule has 0 aromatic heterocycles. The molecule has 0 aromatic rings. The normalized spacial score (nSPS) is 47.6. The molecular weight excluding hydrogens is 436 g/mol. The van der Waals surface area contributed by atoms with Crippen LogP contribution in [0.15, 0.2) is 11.6 Å². The maximum atomic E-state index is 13.2. The van der Waals surface area contributed by atoms with E-state index in [4.69, 9.17) is 0 Å². The topological polar surface area (TPSA) is 138 Å². The van der Waals surface area contributed by atoms with Gasteiger partial charge in [0.25, 0.3) is 0 Å². The fourth-order valence-corrected chi connectivity index (χ4v) is 8.45. The van der Waals surface area contributed by atoms with E-state index in [1.807, 2.05) is 20.8 Å². The number of fused-ring (bicyclic) bond motifs is 5. The van der Waals surface area contributed by atoms with Crippen molar-refractivity contribution in [2.24, 2.45) is 28.6 Å². The number of hydrogen-bond donors (Lipinski definition) is 6. The molecule has 3 fully saturated rings. The van der Waals surface area contributed by atoms with Gasteiger partial charge in [-0.1, -0.05) is 13.8 Å². The van der Waals surface area contributed by atoms with Crippen LogP contribution in [0.4, 0.5) is 0 Å². The lowest BCUT2D eigenvalue weighted by molar-refractivity contribution is -0.160. The lowest BCUT2D eigenvalue weighted by Crippen LogP contribution is -2.61. The van der Waals surface area contributed by atoms with E-state index in [-0.39, 0.29) is 36.6 Å².